The summed E-state index contributed by atoms with van der Waals surface area (Å²) in [7, 11) is -1.81. The van der Waals surface area contributed by atoms with Crippen molar-refractivity contribution in [2.24, 2.45) is 5.92 Å². The lowest BCUT2D eigenvalue weighted by molar-refractivity contribution is 0.124. The monoisotopic (exact) mass is 292 g/mol. The first-order valence-corrected chi connectivity index (χ1v) is 10.2. The van der Waals surface area contributed by atoms with Crippen LogP contribution in [-0.2, 0) is 4.43 Å². The molecule has 0 saturated carbocycles. The van der Waals surface area contributed by atoms with Gasteiger partial charge in [-0.2, -0.15) is 0 Å². The van der Waals surface area contributed by atoms with Crippen LogP contribution in [0.5, 0.6) is 0 Å². The summed E-state index contributed by atoms with van der Waals surface area (Å²) in [5, 5.41) is 0. The molecule has 0 saturated heterocycles. The first kappa shape index (κ1) is 17.5. The Morgan fingerprint density at radius 1 is 1.10 bits per heavy atom. The molecule has 0 spiro atoms. The Bertz CT molecular complexity index is 376. The van der Waals surface area contributed by atoms with Crippen molar-refractivity contribution >= 4 is 8.32 Å². The van der Waals surface area contributed by atoms with Gasteiger partial charge in [0.15, 0.2) is 0 Å². The highest BCUT2D eigenvalue weighted by atomic mass is 28.4. The summed E-state index contributed by atoms with van der Waals surface area (Å²) in [5.41, 5.74) is 2.94. The molecule has 0 bridgehead atoms. The molecule has 1 nitrogen and oxygen atoms in total. The summed E-state index contributed by atoms with van der Waals surface area (Å²) in [6.45, 7) is 20.4. The van der Waals surface area contributed by atoms with Crippen LogP contribution in [0.2, 0.25) is 16.6 Å². The second-order valence-corrected chi connectivity index (χ2v) is 12.7. The second kappa shape index (κ2) is 6.96. The van der Waals surface area contributed by atoms with Gasteiger partial charge in [0.1, 0.15) is 0 Å². The lowest BCUT2D eigenvalue weighted by Crippen LogP contribution is -2.51. The topological polar surface area (TPSA) is 9.23 Å². The summed E-state index contributed by atoms with van der Waals surface area (Å²) in [5.74, 6) is 6.91. The molecule has 1 aliphatic carbocycles. The number of hydrogen-bond donors (Lipinski definition) is 0. The minimum absolute atomic E-state index is 0.281. The number of hydrogen-bond acceptors (Lipinski definition) is 1. The number of rotatable bonds is 5. The fourth-order valence-electron chi connectivity index (χ4n) is 3.79. The third-order valence-electron chi connectivity index (χ3n) is 4.83. The van der Waals surface area contributed by atoms with Gasteiger partial charge in [-0.05, 0) is 28.1 Å². The maximum atomic E-state index is 6.92. The molecule has 1 aliphatic rings. The van der Waals surface area contributed by atoms with Crippen molar-refractivity contribution in [3.63, 3.8) is 0 Å². The van der Waals surface area contributed by atoms with Crippen LogP contribution in [0.1, 0.15) is 61.3 Å². The van der Waals surface area contributed by atoms with Crippen LogP contribution in [0.3, 0.4) is 0 Å². The Balaban J connectivity index is 3.03. The SMILES string of the molecule is C=C1C#CC[C@@H](C)[C@@H](O[Si](C(C)C)(C(C)C)C(C)C)C1. The zero-order valence-corrected chi connectivity index (χ0v) is 15.4. The molecule has 0 radical (unpaired) electrons. The second-order valence-electron chi connectivity index (χ2n) is 7.26. The average molecular weight is 293 g/mol. The predicted octanol–water partition coefficient (Wildman–Crippen LogP) is 5.54. The molecule has 0 N–H and O–H groups in total. The van der Waals surface area contributed by atoms with Crippen molar-refractivity contribution in [2.45, 2.75) is 84.0 Å². The lowest BCUT2D eigenvalue weighted by atomic mass is 9.99. The van der Waals surface area contributed by atoms with Crippen molar-refractivity contribution in [1.29, 1.82) is 0 Å². The normalized spacial score (nSPS) is 24.0. The zero-order chi connectivity index (χ0) is 15.5. The predicted molar refractivity (Wildman–Crippen MR) is 91.2 cm³/mol. The summed E-state index contributed by atoms with van der Waals surface area (Å²) < 4.78 is 6.92. The van der Waals surface area contributed by atoms with E-state index in [9.17, 15) is 0 Å². The highest BCUT2D eigenvalue weighted by Crippen LogP contribution is 2.44. The minimum Gasteiger partial charge on any atom is -0.412 e. The van der Waals surface area contributed by atoms with Crippen molar-refractivity contribution in [3.05, 3.63) is 12.2 Å². The van der Waals surface area contributed by atoms with Crippen LogP contribution in [0.4, 0.5) is 0 Å². The van der Waals surface area contributed by atoms with E-state index < -0.39 is 8.32 Å². The van der Waals surface area contributed by atoms with Gasteiger partial charge >= 0.3 is 0 Å². The maximum Gasteiger partial charge on any atom is 0.200 e. The van der Waals surface area contributed by atoms with Gasteiger partial charge in [-0.3, -0.25) is 0 Å². The van der Waals surface area contributed by atoms with Crippen molar-refractivity contribution in [3.8, 4) is 11.8 Å². The molecule has 0 aromatic heterocycles. The van der Waals surface area contributed by atoms with Crippen LogP contribution in [0.25, 0.3) is 0 Å². The summed E-state index contributed by atoms with van der Waals surface area (Å²) >= 11 is 0. The van der Waals surface area contributed by atoms with Crippen LogP contribution >= 0.6 is 0 Å². The fraction of sp³-hybridized carbons (Fsp3) is 0.778. The highest BCUT2D eigenvalue weighted by Gasteiger charge is 2.47. The molecule has 0 heterocycles. The largest absolute Gasteiger partial charge is 0.412 e. The molecular formula is C18H32OSi. The van der Waals surface area contributed by atoms with E-state index in [1.807, 2.05) is 0 Å². The van der Waals surface area contributed by atoms with Crippen molar-refractivity contribution < 1.29 is 4.43 Å². The molecule has 0 aromatic carbocycles. The molecule has 0 aliphatic heterocycles. The molecular weight excluding hydrogens is 260 g/mol. The molecule has 1 rings (SSSR count). The van der Waals surface area contributed by atoms with Gasteiger partial charge in [0, 0.05) is 12.8 Å². The first-order valence-electron chi connectivity index (χ1n) is 8.06. The van der Waals surface area contributed by atoms with E-state index in [1.165, 1.54) is 0 Å². The summed E-state index contributed by atoms with van der Waals surface area (Å²) in [6.07, 6.45) is 2.13. The first-order chi connectivity index (χ1) is 9.21. The zero-order valence-electron chi connectivity index (χ0n) is 14.4. The molecule has 20 heavy (non-hydrogen) atoms. The van der Waals surface area contributed by atoms with Gasteiger partial charge in [0.05, 0.1) is 6.10 Å². The van der Waals surface area contributed by atoms with Gasteiger partial charge in [0.2, 0.25) is 8.32 Å². The van der Waals surface area contributed by atoms with Crippen LogP contribution in [-0.4, -0.2) is 14.4 Å². The fourth-order valence-corrected chi connectivity index (χ4v) is 9.45. The van der Waals surface area contributed by atoms with E-state index in [4.69, 9.17) is 4.43 Å². The van der Waals surface area contributed by atoms with Gasteiger partial charge < -0.3 is 4.43 Å². The quantitative estimate of drug-likeness (QED) is 0.478. The van der Waals surface area contributed by atoms with Crippen LogP contribution in [0, 0.1) is 17.8 Å². The molecule has 0 fully saturated rings. The third-order valence-corrected chi connectivity index (χ3v) is 11.0. The Morgan fingerprint density at radius 3 is 2.05 bits per heavy atom. The van der Waals surface area contributed by atoms with Crippen molar-refractivity contribution in [1.82, 2.24) is 0 Å². The van der Waals surface area contributed by atoms with Crippen molar-refractivity contribution in [2.75, 3.05) is 0 Å². The smallest absolute Gasteiger partial charge is 0.200 e. The van der Waals surface area contributed by atoms with E-state index in [2.05, 4.69) is 66.9 Å². The molecule has 2 heteroatoms. The van der Waals surface area contributed by atoms with E-state index in [1.54, 1.807) is 0 Å². The van der Waals surface area contributed by atoms with Gasteiger partial charge in [-0.1, -0.05) is 66.9 Å². The lowest BCUT2D eigenvalue weighted by Gasteiger charge is -2.45. The summed E-state index contributed by atoms with van der Waals surface area (Å²) in [4.78, 5) is 0. The van der Waals surface area contributed by atoms with Crippen LogP contribution < -0.4 is 0 Å². The molecule has 2 atom stereocenters. The highest BCUT2D eigenvalue weighted by molar-refractivity contribution is 6.77. The minimum atomic E-state index is -1.81. The maximum absolute atomic E-state index is 6.92. The molecule has 0 amide bonds. The standard InChI is InChI=1S/C18H32OSi/c1-13(2)20(14(3)4,15(5)6)19-18-12-16(7)10-9-11-17(18)8/h13-15,17-18H,7,11-12H2,1-6,8H3/t17-,18+/m1/s1. The molecule has 0 unspecified atom stereocenters. The Hall–Kier alpha value is -0.523. The molecule has 114 valence electrons. The van der Waals surface area contributed by atoms with E-state index >= 15 is 0 Å². The third kappa shape index (κ3) is 3.57. The van der Waals surface area contributed by atoms with Gasteiger partial charge in [0.25, 0.3) is 0 Å². The van der Waals surface area contributed by atoms with E-state index in [-0.39, 0.29) is 6.10 Å². The summed E-state index contributed by atoms with van der Waals surface area (Å²) in [6, 6.07) is 0. The Labute approximate surface area is 127 Å². The van der Waals surface area contributed by atoms with E-state index in [0.29, 0.717) is 22.5 Å². The van der Waals surface area contributed by atoms with Gasteiger partial charge in [-0.25, -0.2) is 0 Å². The Morgan fingerprint density at radius 2 is 1.60 bits per heavy atom. The van der Waals surface area contributed by atoms with E-state index in [0.717, 1.165) is 18.4 Å². The van der Waals surface area contributed by atoms with Crippen LogP contribution in [0.15, 0.2) is 12.2 Å². The Kier molecular flexibility index (Phi) is 6.10. The van der Waals surface area contributed by atoms with Gasteiger partial charge in [-0.15, -0.1) is 0 Å². The molecule has 0 aromatic rings. The average Bonchev–Trinajstić information content (AvgIpc) is 2.46.